The molecule has 3 heteroatoms. The molecule has 0 saturated heterocycles. The predicted molar refractivity (Wildman–Crippen MR) is 45.8 cm³/mol. The minimum absolute atomic E-state index is 0.143. The summed E-state index contributed by atoms with van der Waals surface area (Å²) in [6, 6.07) is -0.143. The van der Waals surface area contributed by atoms with E-state index in [1.54, 1.807) is 0 Å². The van der Waals surface area contributed by atoms with E-state index in [1.807, 2.05) is 20.8 Å². The van der Waals surface area contributed by atoms with Gasteiger partial charge in [0.1, 0.15) is 0 Å². The van der Waals surface area contributed by atoms with Crippen molar-refractivity contribution in [1.29, 1.82) is 0 Å². The lowest BCUT2D eigenvalue weighted by Gasteiger charge is -2.05. The molecule has 0 rings (SSSR count). The van der Waals surface area contributed by atoms with E-state index in [-0.39, 0.29) is 6.04 Å². The normalized spacial score (nSPS) is 14.0. The summed E-state index contributed by atoms with van der Waals surface area (Å²) in [5.74, 6) is 2.50. The van der Waals surface area contributed by atoms with Gasteiger partial charge in [0.2, 0.25) is 0 Å². The zero-order valence-corrected chi connectivity index (χ0v) is 7.00. The minimum Gasteiger partial charge on any atom is -0.115 e. The van der Waals surface area contributed by atoms with Crippen molar-refractivity contribution < 1.29 is 0 Å². The second-order valence-corrected chi connectivity index (χ2v) is 2.33. The number of hydrogen-bond acceptors (Lipinski definition) is 1. The summed E-state index contributed by atoms with van der Waals surface area (Å²) >= 11 is 0. The maximum Gasteiger partial charge on any atom is 0.0565 e. The second-order valence-electron chi connectivity index (χ2n) is 2.33. The molecule has 0 aromatic carbocycles. The van der Waals surface area contributed by atoms with Gasteiger partial charge < -0.3 is 0 Å². The van der Waals surface area contributed by atoms with E-state index in [9.17, 15) is 0 Å². The van der Waals surface area contributed by atoms with Gasteiger partial charge in [-0.2, -0.15) is 0 Å². The topological polar surface area (TPSA) is 48.8 Å². The number of terminal acetylenes is 1. The Balaban J connectivity index is 4.62. The molecule has 1 atom stereocenters. The lowest BCUT2D eigenvalue weighted by atomic mass is 10.1. The van der Waals surface area contributed by atoms with Crippen LogP contribution in [0.3, 0.4) is 0 Å². The number of azide groups is 1. The standard InChI is InChI=1S/C8H11N3/c1-5-6(2)7(3)8(4)10-11-9/h1,8H,2-4H3/b7-6-. The first-order valence-corrected chi connectivity index (χ1v) is 3.31. The Labute approximate surface area is 66.7 Å². The van der Waals surface area contributed by atoms with Gasteiger partial charge in [0.05, 0.1) is 6.04 Å². The third-order valence-corrected chi connectivity index (χ3v) is 1.66. The molecule has 0 aliphatic rings. The van der Waals surface area contributed by atoms with Gasteiger partial charge in [-0.1, -0.05) is 23.5 Å². The van der Waals surface area contributed by atoms with Gasteiger partial charge in [0.25, 0.3) is 0 Å². The molecule has 0 fully saturated rings. The maximum atomic E-state index is 8.12. The molecule has 1 unspecified atom stereocenters. The van der Waals surface area contributed by atoms with E-state index in [2.05, 4.69) is 15.9 Å². The van der Waals surface area contributed by atoms with Crippen LogP contribution in [0.5, 0.6) is 0 Å². The Kier molecular flexibility index (Phi) is 3.87. The molecule has 0 saturated carbocycles. The summed E-state index contributed by atoms with van der Waals surface area (Å²) in [4.78, 5) is 2.70. The first-order valence-electron chi connectivity index (χ1n) is 3.31. The summed E-state index contributed by atoms with van der Waals surface area (Å²) in [5, 5.41) is 3.52. The summed E-state index contributed by atoms with van der Waals surface area (Å²) in [5.41, 5.74) is 9.91. The first-order chi connectivity index (χ1) is 5.13. The SMILES string of the molecule is C#C/C(C)=C(/C)C(C)N=[N+]=[N-]. The highest BCUT2D eigenvalue weighted by molar-refractivity contribution is 5.30. The molecular formula is C8H11N3. The monoisotopic (exact) mass is 149 g/mol. The summed E-state index contributed by atoms with van der Waals surface area (Å²) in [6.45, 7) is 5.52. The van der Waals surface area contributed by atoms with Crippen LogP contribution >= 0.6 is 0 Å². The van der Waals surface area contributed by atoms with Crippen molar-refractivity contribution in [2.24, 2.45) is 5.11 Å². The fourth-order valence-electron chi connectivity index (χ4n) is 0.591. The van der Waals surface area contributed by atoms with Crippen molar-refractivity contribution in [3.05, 3.63) is 21.6 Å². The van der Waals surface area contributed by atoms with Crippen LogP contribution in [0.2, 0.25) is 0 Å². The highest BCUT2D eigenvalue weighted by Gasteiger charge is 2.02. The molecule has 0 aliphatic heterocycles. The van der Waals surface area contributed by atoms with Crippen molar-refractivity contribution in [3.63, 3.8) is 0 Å². The van der Waals surface area contributed by atoms with Gasteiger partial charge in [-0.3, -0.25) is 0 Å². The molecule has 0 spiro atoms. The highest BCUT2D eigenvalue weighted by atomic mass is 15.1. The van der Waals surface area contributed by atoms with Crippen LogP contribution in [-0.2, 0) is 0 Å². The number of nitrogens with zero attached hydrogens (tertiary/aromatic N) is 3. The van der Waals surface area contributed by atoms with E-state index < -0.39 is 0 Å². The van der Waals surface area contributed by atoms with Crippen molar-refractivity contribution in [2.75, 3.05) is 0 Å². The quantitative estimate of drug-likeness (QED) is 0.251. The van der Waals surface area contributed by atoms with Crippen LogP contribution < -0.4 is 0 Å². The Hall–Kier alpha value is -1.39. The van der Waals surface area contributed by atoms with Gasteiger partial charge in [-0.25, -0.2) is 0 Å². The van der Waals surface area contributed by atoms with Crippen molar-refractivity contribution in [3.8, 4) is 12.3 Å². The van der Waals surface area contributed by atoms with E-state index in [0.29, 0.717) is 0 Å². The lowest BCUT2D eigenvalue weighted by Crippen LogP contribution is -1.99. The molecular weight excluding hydrogens is 138 g/mol. The van der Waals surface area contributed by atoms with E-state index >= 15 is 0 Å². The van der Waals surface area contributed by atoms with Gasteiger partial charge in [0.15, 0.2) is 0 Å². The summed E-state index contributed by atoms with van der Waals surface area (Å²) in [6.07, 6.45) is 5.16. The van der Waals surface area contributed by atoms with E-state index in [4.69, 9.17) is 12.0 Å². The molecule has 0 heterocycles. The van der Waals surface area contributed by atoms with Crippen LogP contribution in [0.25, 0.3) is 10.4 Å². The van der Waals surface area contributed by atoms with Crippen LogP contribution in [-0.4, -0.2) is 6.04 Å². The number of allylic oxidation sites excluding steroid dienone is 1. The number of rotatable bonds is 2. The highest BCUT2D eigenvalue weighted by Crippen LogP contribution is 2.10. The van der Waals surface area contributed by atoms with E-state index in [0.717, 1.165) is 11.1 Å². The van der Waals surface area contributed by atoms with Crippen LogP contribution in [0.1, 0.15) is 20.8 Å². The molecule has 11 heavy (non-hydrogen) atoms. The van der Waals surface area contributed by atoms with Gasteiger partial charge in [-0.05, 0) is 25.0 Å². The average Bonchev–Trinajstić information content (AvgIpc) is 2.02. The van der Waals surface area contributed by atoms with Crippen molar-refractivity contribution >= 4 is 0 Å². The molecule has 0 N–H and O–H groups in total. The fraction of sp³-hybridized carbons (Fsp3) is 0.500. The summed E-state index contributed by atoms with van der Waals surface area (Å²) in [7, 11) is 0. The average molecular weight is 149 g/mol. The van der Waals surface area contributed by atoms with Crippen LogP contribution in [0.4, 0.5) is 0 Å². The minimum atomic E-state index is -0.143. The lowest BCUT2D eigenvalue weighted by molar-refractivity contribution is 0.841. The molecule has 0 amide bonds. The zero-order valence-electron chi connectivity index (χ0n) is 7.00. The third kappa shape index (κ3) is 2.79. The van der Waals surface area contributed by atoms with Gasteiger partial charge in [0, 0.05) is 4.91 Å². The van der Waals surface area contributed by atoms with E-state index in [1.165, 1.54) is 0 Å². The molecule has 3 nitrogen and oxygen atoms in total. The fourth-order valence-corrected chi connectivity index (χ4v) is 0.591. The van der Waals surface area contributed by atoms with Crippen molar-refractivity contribution in [1.82, 2.24) is 0 Å². The molecule has 0 bridgehead atoms. The molecule has 58 valence electrons. The smallest absolute Gasteiger partial charge is 0.0565 e. The first kappa shape index (κ1) is 9.61. The van der Waals surface area contributed by atoms with Crippen LogP contribution in [0, 0.1) is 12.3 Å². The maximum absolute atomic E-state index is 8.12. The number of hydrogen-bond donors (Lipinski definition) is 0. The molecule has 0 aromatic rings. The van der Waals surface area contributed by atoms with Crippen molar-refractivity contribution in [2.45, 2.75) is 26.8 Å². The van der Waals surface area contributed by atoms with Gasteiger partial charge in [-0.15, -0.1) is 6.42 Å². The van der Waals surface area contributed by atoms with Gasteiger partial charge >= 0.3 is 0 Å². The zero-order chi connectivity index (χ0) is 8.85. The predicted octanol–water partition coefficient (Wildman–Crippen LogP) is 2.65. The molecule has 0 aliphatic carbocycles. The Bertz CT molecular complexity index is 251. The Morgan fingerprint density at radius 1 is 1.64 bits per heavy atom. The third-order valence-electron chi connectivity index (χ3n) is 1.66. The largest absolute Gasteiger partial charge is 0.115 e. The Morgan fingerprint density at radius 2 is 2.18 bits per heavy atom. The van der Waals surface area contributed by atoms with Crippen LogP contribution in [0.15, 0.2) is 16.3 Å². The molecule has 0 radical (unpaired) electrons. The molecule has 0 aromatic heterocycles. The second kappa shape index (κ2) is 4.43. The Morgan fingerprint density at radius 3 is 2.55 bits per heavy atom. The summed E-state index contributed by atoms with van der Waals surface area (Å²) < 4.78 is 0.